The van der Waals surface area contributed by atoms with Crippen molar-refractivity contribution in [1.82, 2.24) is 0 Å². The van der Waals surface area contributed by atoms with E-state index in [4.69, 9.17) is 9.47 Å². The lowest BCUT2D eigenvalue weighted by Crippen LogP contribution is -2.22. The fraction of sp³-hybridized carbons (Fsp3) is 0.467. The molecule has 0 spiro atoms. The number of hydrogen-bond acceptors (Lipinski definition) is 6. The van der Waals surface area contributed by atoms with Crippen LogP contribution in [0.3, 0.4) is 0 Å². The minimum Gasteiger partial charge on any atom is -0.465 e. The lowest BCUT2D eigenvalue weighted by Gasteiger charge is -2.18. The Morgan fingerprint density at radius 2 is 1.74 bits per heavy atom. The van der Waals surface area contributed by atoms with Crippen molar-refractivity contribution in [2.75, 3.05) is 13.2 Å². The summed E-state index contributed by atoms with van der Waals surface area (Å²) in [6.45, 7) is 3.74. The number of carbonyl (C=O) groups is 2. The molecule has 0 saturated heterocycles. The molecule has 0 aliphatic heterocycles. The van der Waals surface area contributed by atoms with Gasteiger partial charge in [0.25, 0.3) is 5.69 Å². The predicted molar refractivity (Wildman–Crippen MR) is 78.3 cm³/mol. The Morgan fingerprint density at radius 1 is 1.22 bits per heavy atom. The third-order valence-corrected chi connectivity index (χ3v) is 3.25. The van der Waals surface area contributed by atoms with Gasteiger partial charge in [-0.3, -0.25) is 19.7 Å². The molecule has 0 unspecified atom stereocenters. The van der Waals surface area contributed by atoms with Crippen molar-refractivity contribution in [3.63, 3.8) is 0 Å². The third-order valence-electron chi connectivity index (χ3n) is 3.25. The average molecular weight is 327 g/mol. The van der Waals surface area contributed by atoms with E-state index in [1.807, 2.05) is 0 Å². The second-order valence-corrected chi connectivity index (χ2v) is 5.10. The molecule has 0 atom stereocenters. The van der Waals surface area contributed by atoms with Crippen LogP contribution < -0.4 is 0 Å². The molecule has 0 bridgehead atoms. The van der Waals surface area contributed by atoms with E-state index >= 15 is 0 Å². The van der Waals surface area contributed by atoms with Crippen molar-refractivity contribution in [2.24, 2.45) is 5.92 Å². The average Bonchev–Trinajstić information content (AvgIpc) is 2.44. The Bertz CT molecular complexity index is 598. The molecule has 0 heterocycles. The van der Waals surface area contributed by atoms with Gasteiger partial charge >= 0.3 is 11.9 Å². The first kappa shape index (κ1) is 18.5. The van der Waals surface area contributed by atoms with Crippen LogP contribution in [-0.2, 0) is 25.5 Å². The van der Waals surface area contributed by atoms with Gasteiger partial charge in [-0.05, 0) is 25.0 Å². The van der Waals surface area contributed by atoms with Gasteiger partial charge in [0.1, 0.15) is 5.82 Å². The summed E-state index contributed by atoms with van der Waals surface area (Å²) >= 11 is 0. The number of carbonyl (C=O) groups excluding carboxylic acids is 2. The highest BCUT2D eigenvalue weighted by atomic mass is 19.1. The molecular weight excluding hydrogens is 309 g/mol. The molecule has 7 nitrogen and oxygen atoms in total. The summed E-state index contributed by atoms with van der Waals surface area (Å²) in [6.07, 6.45) is 0.0416. The van der Waals surface area contributed by atoms with Crippen LogP contribution >= 0.6 is 0 Å². The third kappa shape index (κ3) is 5.65. The highest BCUT2D eigenvalue weighted by molar-refractivity contribution is 5.66. The van der Waals surface area contributed by atoms with Gasteiger partial charge in [0.15, 0.2) is 0 Å². The maximum atomic E-state index is 14.0. The number of nitro benzene ring substituents is 1. The van der Waals surface area contributed by atoms with Gasteiger partial charge in [0, 0.05) is 31.4 Å². The number of hydrogen-bond donors (Lipinski definition) is 0. The fourth-order valence-electron chi connectivity index (χ4n) is 2.08. The Morgan fingerprint density at radius 3 is 2.17 bits per heavy atom. The first-order valence-electron chi connectivity index (χ1n) is 6.91. The molecule has 23 heavy (non-hydrogen) atoms. The number of rotatable bonds is 7. The summed E-state index contributed by atoms with van der Waals surface area (Å²) in [5.41, 5.74) is 0.147. The van der Waals surface area contributed by atoms with Gasteiger partial charge in [0.05, 0.1) is 18.1 Å². The zero-order chi connectivity index (χ0) is 17.6. The maximum absolute atomic E-state index is 14.0. The first-order valence-corrected chi connectivity index (χ1v) is 6.91. The molecule has 1 aromatic rings. The number of benzene rings is 1. The lowest BCUT2D eigenvalue weighted by molar-refractivity contribution is -0.385. The molecule has 0 fully saturated rings. The summed E-state index contributed by atoms with van der Waals surface area (Å²) in [5, 5.41) is 10.9. The second kappa shape index (κ2) is 8.21. The highest BCUT2D eigenvalue weighted by Crippen LogP contribution is 2.26. The van der Waals surface area contributed by atoms with E-state index < -0.39 is 28.6 Å². The van der Waals surface area contributed by atoms with Gasteiger partial charge in [0.2, 0.25) is 0 Å². The molecule has 0 saturated carbocycles. The van der Waals surface area contributed by atoms with Crippen LogP contribution in [0, 0.1) is 28.8 Å². The van der Waals surface area contributed by atoms with Crippen LogP contribution in [-0.4, -0.2) is 30.1 Å². The molecule has 0 aliphatic rings. The predicted octanol–water partition coefficient (Wildman–Crippen LogP) is 2.33. The largest absolute Gasteiger partial charge is 0.465 e. The number of nitrogens with zero attached hydrogens (tertiary/aromatic N) is 1. The van der Waals surface area contributed by atoms with E-state index in [1.165, 1.54) is 20.8 Å². The SMILES string of the molecule is CC(=O)OCC(COC(C)=O)Cc1c(F)ccc([N+](=O)[O-])c1C. The smallest absolute Gasteiger partial charge is 0.302 e. The molecule has 8 heteroatoms. The minimum atomic E-state index is -0.594. The molecule has 1 aromatic carbocycles. The number of halogens is 1. The van der Waals surface area contributed by atoms with Gasteiger partial charge in [-0.15, -0.1) is 0 Å². The van der Waals surface area contributed by atoms with Crippen LogP contribution in [0.5, 0.6) is 0 Å². The summed E-state index contributed by atoms with van der Waals surface area (Å²) < 4.78 is 23.8. The molecule has 0 aromatic heterocycles. The van der Waals surface area contributed by atoms with Crippen molar-refractivity contribution < 1.29 is 28.4 Å². The number of ether oxygens (including phenoxy) is 2. The van der Waals surface area contributed by atoms with E-state index in [0.29, 0.717) is 0 Å². The molecule has 1 rings (SSSR count). The van der Waals surface area contributed by atoms with E-state index in [9.17, 15) is 24.1 Å². The van der Waals surface area contributed by atoms with Crippen molar-refractivity contribution in [2.45, 2.75) is 27.2 Å². The Balaban J connectivity index is 3.01. The Labute approximate surface area is 132 Å². The van der Waals surface area contributed by atoms with E-state index in [2.05, 4.69) is 0 Å². The normalized spacial score (nSPS) is 10.5. The minimum absolute atomic E-state index is 0.0416. The van der Waals surface area contributed by atoms with E-state index in [-0.39, 0.29) is 36.4 Å². The summed E-state index contributed by atoms with van der Waals surface area (Å²) in [5.74, 6) is -2.13. The molecule has 0 amide bonds. The van der Waals surface area contributed by atoms with Crippen molar-refractivity contribution >= 4 is 17.6 Å². The summed E-state index contributed by atoms with van der Waals surface area (Å²) in [6, 6.07) is 2.12. The van der Waals surface area contributed by atoms with Gasteiger partial charge in [-0.2, -0.15) is 0 Å². The second-order valence-electron chi connectivity index (χ2n) is 5.10. The van der Waals surface area contributed by atoms with E-state index in [1.54, 1.807) is 0 Å². The topological polar surface area (TPSA) is 95.7 Å². The monoisotopic (exact) mass is 327 g/mol. The lowest BCUT2D eigenvalue weighted by atomic mass is 9.95. The summed E-state index contributed by atoms with van der Waals surface area (Å²) in [4.78, 5) is 32.2. The van der Waals surface area contributed by atoms with Crippen molar-refractivity contribution in [1.29, 1.82) is 0 Å². The van der Waals surface area contributed by atoms with Crippen LogP contribution in [0.25, 0.3) is 0 Å². The van der Waals surface area contributed by atoms with Crippen molar-refractivity contribution in [3.05, 3.63) is 39.2 Å². The number of nitro groups is 1. The molecule has 0 aliphatic carbocycles. The molecule has 0 radical (unpaired) electrons. The van der Waals surface area contributed by atoms with Gasteiger partial charge in [-0.1, -0.05) is 0 Å². The fourth-order valence-corrected chi connectivity index (χ4v) is 2.08. The Hall–Kier alpha value is -2.51. The van der Waals surface area contributed by atoms with E-state index in [0.717, 1.165) is 12.1 Å². The van der Waals surface area contributed by atoms with Crippen LogP contribution in [0.4, 0.5) is 10.1 Å². The standard InChI is InChI=1S/C15H18FNO6/c1-9-13(14(16)4-5-15(9)17(20)21)6-12(7-22-10(2)18)8-23-11(3)19/h4-5,12H,6-8H2,1-3H3. The first-order chi connectivity index (χ1) is 10.7. The highest BCUT2D eigenvalue weighted by Gasteiger charge is 2.22. The van der Waals surface area contributed by atoms with Crippen LogP contribution in [0.1, 0.15) is 25.0 Å². The Kier molecular flexibility index (Phi) is 6.62. The molecule has 126 valence electrons. The van der Waals surface area contributed by atoms with Gasteiger partial charge < -0.3 is 9.47 Å². The number of esters is 2. The van der Waals surface area contributed by atoms with Gasteiger partial charge in [-0.25, -0.2) is 4.39 Å². The quantitative estimate of drug-likeness (QED) is 0.433. The maximum Gasteiger partial charge on any atom is 0.302 e. The molecule has 0 N–H and O–H groups in total. The van der Waals surface area contributed by atoms with Crippen LogP contribution in [0.15, 0.2) is 12.1 Å². The zero-order valence-corrected chi connectivity index (χ0v) is 13.1. The molecular formula is C15H18FNO6. The van der Waals surface area contributed by atoms with Crippen molar-refractivity contribution in [3.8, 4) is 0 Å². The zero-order valence-electron chi connectivity index (χ0n) is 13.1. The summed E-state index contributed by atoms with van der Waals surface area (Å²) in [7, 11) is 0. The van der Waals surface area contributed by atoms with Crippen LogP contribution in [0.2, 0.25) is 0 Å².